The summed E-state index contributed by atoms with van der Waals surface area (Å²) in [5.41, 5.74) is 0. The van der Waals surface area contributed by atoms with Crippen molar-refractivity contribution in [1.29, 1.82) is 0 Å². The average molecular weight is 223 g/mol. The molecule has 0 bridgehead atoms. The van der Waals surface area contributed by atoms with Gasteiger partial charge in [-0.05, 0) is 13.0 Å². The molecule has 0 spiro atoms. The fourth-order valence-corrected chi connectivity index (χ4v) is 1.12. The lowest BCUT2D eigenvalue weighted by Crippen LogP contribution is -1.98. The van der Waals surface area contributed by atoms with Crippen molar-refractivity contribution in [2.24, 2.45) is 0 Å². The molecule has 0 radical (unpaired) electrons. The molecule has 0 amide bonds. The first-order chi connectivity index (χ1) is 7.65. The van der Waals surface area contributed by atoms with Gasteiger partial charge in [0, 0.05) is 6.07 Å². The number of furan rings is 1. The average Bonchev–Trinajstić information content (AvgIpc) is 2.83. The van der Waals surface area contributed by atoms with E-state index in [0.717, 1.165) is 0 Å². The summed E-state index contributed by atoms with van der Waals surface area (Å²) >= 11 is 0. The highest BCUT2D eigenvalue weighted by Crippen LogP contribution is 2.13. The number of nitrogens with zero attached hydrogens (tertiary/aromatic N) is 2. The lowest BCUT2D eigenvalue weighted by Gasteiger charge is -1.96. The number of aromatic carboxylic acids is 1. The van der Waals surface area contributed by atoms with Crippen LogP contribution in [0.2, 0.25) is 0 Å². The summed E-state index contributed by atoms with van der Waals surface area (Å²) in [5, 5.41) is 15.1. The highest BCUT2D eigenvalue weighted by molar-refractivity contribution is 5.84. The van der Waals surface area contributed by atoms with E-state index in [2.05, 4.69) is 15.5 Å². The number of aryl methyl sites for hydroxylation is 1. The van der Waals surface area contributed by atoms with Gasteiger partial charge in [0.2, 0.25) is 11.7 Å². The molecule has 7 nitrogen and oxygen atoms in total. The van der Waals surface area contributed by atoms with Crippen molar-refractivity contribution in [3.05, 3.63) is 29.6 Å². The molecule has 2 heterocycles. The molecule has 0 atom stereocenters. The maximum Gasteiger partial charge on any atom is 0.371 e. The van der Waals surface area contributed by atoms with Crippen LogP contribution < -0.4 is 5.32 Å². The molecule has 2 aromatic rings. The van der Waals surface area contributed by atoms with Crippen LogP contribution in [0.1, 0.15) is 22.3 Å². The third-order valence-corrected chi connectivity index (χ3v) is 1.80. The molecule has 2 rings (SSSR count). The molecule has 0 fully saturated rings. The Bertz CT molecular complexity index is 502. The Hall–Kier alpha value is -2.31. The summed E-state index contributed by atoms with van der Waals surface area (Å²) in [6, 6.07) is 2.89. The largest absolute Gasteiger partial charge is 0.475 e. The second kappa shape index (κ2) is 4.05. The third-order valence-electron chi connectivity index (χ3n) is 1.80. The zero-order valence-electron chi connectivity index (χ0n) is 8.43. The number of anilines is 1. The summed E-state index contributed by atoms with van der Waals surface area (Å²) in [5.74, 6) is 0.0624. The Kier molecular flexibility index (Phi) is 2.59. The first-order valence-electron chi connectivity index (χ1n) is 4.51. The zero-order valence-corrected chi connectivity index (χ0v) is 8.43. The summed E-state index contributed by atoms with van der Waals surface area (Å²) in [6.07, 6.45) is 0. The highest BCUT2D eigenvalue weighted by atomic mass is 16.5. The van der Waals surface area contributed by atoms with Crippen molar-refractivity contribution in [3.63, 3.8) is 0 Å². The molecule has 0 aliphatic rings. The Balaban J connectivity index is 1.97. The zero-order chi connectivity index (χ0) is 11.5. The third kappa shape index (κ3) is 2.19. The van der Waals surface area contributed by atoms with Gasteiger partial charge in [0.25, 0.3) is 0 Å². The van der Waals surface area contributed by atoms with Crippen molar-refractivity contribution in [1.82, 2.24) is 10.1 Å². The Morgan fingerprint density at radius 2 is 2.38 bits per heavy atom. The second-order valence-electron chi connectivity index (χ2n) is 3.06. The van der Waals surface area contributed by atoms with Crippen LogP contribution in [-0.2, 0) is 6.54 Å². The molecule has 2 N–H and O–H groups in total. The van der Waals surface area contributed by atoms with E-state index in [1.165, 1.54) is 12.1 Å². The van der Waals surface area contributed by atoms with Gasteiger partial charge in [-0.2, -0.15) is 4.98 Å². The first-order valence-corrected chi connectivity index (χ1v) is 4.51. The van der Waals surface area contributed by atoms with Crippen LogP contribution in [0.5, 0.6) is 0 Å². The van der Waals surface area contributed by atoms with E-state index >= 15 is 0 Å². The number of rotatable bonds is 4. The number of carbonyl (C=O) groups is 1. The Labute approximate surface area is 90.1 Å². The highest BCUT2D eigenvalue weighted by Gasteiger charge is 2.09. The van der Waals surface area contributed by atoms with Gasteiger partial charge in [0.15, 0.2) is 11.7 Å². The minimum absolute atomic E-state index is 0.121. The molecule has 84 valence electrons. The van der Waals surface area contributed by atoms with Crippen LogP contribution >= 0.6 is 0 Å². The fraction of sp³-hybridized carbons (Fsp3) is 0.222. The van der Waals surface area contributed by atoms with Gasteiger partial charge in [-0.3, -0.25) is 0 Å². The molecule has 0 aliphatic carbocycles. The Morgan fingerprint density at radius 3 is 2.94 bits per heavy atom. The van der Waals surface area contributed by atoms with Gasteiger partial charge in [-0.15, -0.1) is 0 Å². The number of carboxylic acids is 1. The predicted molar refractivity (Wildman–Crippen MR) is 52.0 cm³/mol. The van der Waals surface area contributed by atoms with E-state index in [9.17, 15) is 4.79 Å². The lowest BCUT2D eigenvalue weighted by atomic mass is 10.4. The van der Waals surface area contributed by atoms with E-state index in [1.54, 1.807) is 6.92 Å². The lowest BCUT2D eigenvalue weighted by molar-refractivity contribution is 0.0663. The molecular weight excluding hydrogens is 214 g/mol. The van der Waals surface area contributed by atoms with Crippen molar-refractivity contribution < 1.29 is 18.8 Å². The molecule has 16 heavy (non-hydrogen) atoms. The van der Waals surface area contributed by atoms with Gasteiger partial charge >= 0.3 is 5.97 Å². The molecule has 0 saturated heterocycles. The molecule has 0 saturated carbocycles. The number of carboxylic acid groups (broad SMARTS) is 1. The standard InChI is InChI=1S/C9H9N3O4/c1-5-11-8(16-12-5)4-10-7-3-2-6(15-7)9(13)14/h2-3,10H,4H2,1H3,(H,13,14). The monoisotopic (exact) mass is 223 g/mol. The van der Waals surface area contributed by atoms with Crippen LogP contribution in [0.25, 0.3) is 0 Å². The molecule has 7 heteroatoms. The van der Waals surface area contributed by atoms with Gasteiger partial charge in [0.1, 0.15) is 0 Å². The quantitative estimate of drug-likeness (QED) is 0.804. The van der Waals surface area contributed by atoms with Gasteiger partial charge in [-0.25, -0.2) is 4.79 Å². The number of hydrogen-bond acceptors (Lipinski definition) is 6. The summed E-state index contributed by atoms with van der Waals surface area (Å²) in [7, 11) is 0. The van der Waals surface area contributed by atoms with Gasteiger partial charge in [-0.1, -0.05) is 5.16 Å². The Morgan fingerprint density at radius 1 is 1.56 bits per heavy atom. The van der Waals surface area contributed by atoms with Crippen molar-refractivity contribution >= 4 is 11.9 Å². The van der Waals surface area contributed by atoms with Crippen LogP contribution in [0.3, 0.4) is 0 Å². The van der Waals surface area contributed by atoms with E-state index in [4.69, 9.17) is 14.0 Å². The fourth-order valence-electron chi connectivity index (χ4n) is 1.12. The first kappa shape index (κ1) is 10.2. The van der Waals surface area contributed by atoms with Crippen LogP contribution in [0, 0.1) is 6.92 Å². The molecule has 0 unspecified atom stereocenters. The smallest absolute Gasteiger partial charge is 0.371 e. The molecular formula is C9H9N3O4. The topological polar surface area (TPSA) is 101 Å². The van der Waals surface area contributed by atoms with E-state index in [1.807, 2.05) is 0 Å². The van der Waals surface area contributed by atoms with Gasteiger partial charge in [0.05, 0.1) is 6.54 Å². The second-order valence-corrected chi connectivity index (χ2v) is 3.06. The van der Waals surface area contributed by atoms with E-state index < -0.39 is 5.97 Å². The van der Waals surface area contributed by atoms with Crippen molar-refractivity contribution in [3.8, 4) is 0 Å². The van der Waals surface area contributed by atoms with Crippen LogP contribution in [0.15, 0.2) is 21.1 Å². The molecule has 2 aromatic heterocycles. The number of nitrogens with one attached hydrogen (secondary N) is 1. The van der Waals surface area contributed by atoms with Crippen LogP contribution in [-0.4, -0.2) is 21.2 Å². The SMILES string of the molecule is Cc1noc(CNc2ccc(C(=O)O)o2)n1. The number of hydrogen-bond donors (Lipinski definition) is 2. The minimum Gasteiger partial charge on any atom is -0.475 e. The molecule has 0 aliphatic heterocycles. The summed E-state index contributed by atoms with van der Waals surface area (Å²) in [6.45, 7) is 2.00. The molecule has 0 aromatic carbocycles. The minimum atomic E-state index is -1.11. The number of aromatic nitrogens is 2. The normalized spacial score (nSPS) is 10.3. The van der Waals surface area contributed by atoms with E-state index in [-0.39, 0.29) is 12.3 Å². The van der Waals surface area contributed by atoms with E-state index in [0.29, 0.717) is 17.6 Å². The van der Waals surface area contributed by atoms with Crippen molar-refractivity contribution in [2.75, 3.05) is 5.32 Å². The summed E-state index contributed by atoms with van der Waals surface area (Å²) < 4.78 is 9.83. The van der Waals surface area contributed by atoms with Gasteiger partial charge < -0.3 is 19.4 Å². The van der Waals surface area contributed by atoms with Crippen molar-refractivity contribution in [2.45, 2.75) is 13.5 Å². The maximum absolute atomic E-state index is 10.5. The van der Waals surface area contributed by atoms with Crippen LogP contribution in [0.4, 0.5) is 5.88 Å². The summed E-state index contributed by atoms with van der Waals surface area (Å²) in [4.78, 5) is 14.5. The maximum atomic E-state index is 10.5. The predicted octanol–water partition coefficient (Wildman–Crippen LogP) is 1.28.